The SMILES string of the molecule is CC1(C)OB(O)c2cc(Nc3nn(C4COCC[C@@H]4C#N)cc3C(N)=O)ccc21. The molecule has 4 rings (SSSR count). The molecule has 2 atom stereocenters. The van der Waals surface area contributed by atoms with E-state index in [0.717, 1.165) is 5.56 Å². The molecule has 0 aliphatic carbocycles. The van der Waals surface area contributed by atoms with E-state index in [1.165, 1.54) is 0 Å². The normalized spacial score (nSPS) is 22.8. The number of fused-ring (bicyclic) bond motifs is 1. The molecule has 0 spiro atoms. The number of hydrogen-bond acceptors (Lipinski definition) is 7. The fraction of sp³-hybridized carbons (Fsp3) is 0.421. The van der Waals surface area contributed by atoms with E-state index < -0.39 is 18.6 Å². The van der Waals surface area contributed by atoms with Crippen molar-refractivity contribution in [3.8, 4) is 6.07 Å². The second-order valence-electron chi connectivity index (χ2n) is 7.81. The summed E-state index contributed by atoms with van der Waals surface area (Å²) in [5.41, 5.74) is 7.35. The number of benzene rings is 1. The number of ether oxygens (including phenoxy) is 1. The third-order valence-electron chi connectivity index (χ3n) is 5.46. The molecule has 1 saturated heterocycles. The zero-order valence-corrected chi connectivity index (χ0v) is 16.3. The molecule has 4 N–H and O–H groups in total. The molecule has 1 fully saturated rings. The molecule has 0 bridgehead atoms. The fourth-order valence-corrected chi connectivity index (χ4v) is 3.90. The highest BCUT2D eigenvalue weighted by Gasteiger charge is 2.40. The van der Waals surface area contributed by atoms with Crippen molar-refractivity contribution in [1.29, 1.82) is 5.26 Å². The van der Waals surface area contributed by atoms with Gasteiger partial charge in [-0.25, -0.2) is 0 Å². The van der Waals surface area contributed by atoms with Crippen molar-refractivity contribution in [2.24, 2.45) is 11.7 Å². The number of primary amides is 1. The number of nitriles is 1. The lowest BCUT2D eigenvalue weighted by Crippen LogP contribution is -2.29. The highest BCUT2D eigenvalue weighted by molar-refractivity contribution is 6.62. The van der Waals surface area contributed by atoms with E-state index in [0.29, 0.717) is 30.8 Å². The third kappa shape index (κ3) is 3.48. The van der Waals surface area contributed by atoms with Crippen LogP contribution in [0.5, 0.6) is 0 Å². The van der Waals surface area contributed by atoms with E-state index in [4.69, 9.17) is 15.1 Å². The van der Waals surface area contributed by atoms with E-state index >= 15 is 0 Å². The summed E-state index contributed by atoms with van der Waals surface area (Å²) in [6.07, 6.45) is 2.15. The van der Waals surface area contributed by atoms with Crippen LogP contribution in [0.2, 0.25) is 0 Å². The third-order valence-corrected chi connectivity index (χ3v) is 5.46. The lowest BCUT2D eigenvalue weighted by Gasteiger charge is -2.26. The number of carbonyl (C=O) groups is 1. The molecule has 29 heavy (non-hydrogen) atoms. The minimum absolute atomic E-state index is 0.213. The van der Waals surface area contributed by atoms with Crippen LogP contribution in [-0.2, 0) is 15.0 Å². The Morgan fingerprint density at radius 3 is 3.03 bits per heavy atom. The van der Waals surface area contributed by atoms with Gasteiger partial charge in [0.25, 0.3) is 5.91 Å². The number of aromatic nitrogens is 2. The molecule has 9 nitrogen and oxygen atoms in total. The Hall–Kier alpha value is -2.87. The van der Waals surface area contributed by atoms with Crippen molar-refractivity contribution in [3.63, 3.8) is 0 Å². The molecular formula is C19H22BN5O4. The van der Waals surface area contributed by atoms with Gasteiger partial charge in [0.05, 0.1) is 30.2 Å². The second kappa shape index (κ2) is 7.19. The summed E-state index contributed by atoms with van der Waals surface area (Å²) >= 11 is 0. The van der Waals surface area contributed by atoms with Gasteiger partial charge < -0.3 is 25.5 Å². The van der Waals surface area contributed by atoms with Gasteiger partial charge in [-0.05, 0) is 43.4 Å². The first-order valence-electron chi connectivity index (χ1n) is 9.44. The minimum atomic E-state index is -1.02. The van der Waals surface area contributed by atoms with Crippen LogP contribution in [0.4, 0.5) is 11.5 Å². The first kappa shape index (κ1) is 19.5. The largest absolute Gasteiger partial charge is 0.492 e. The van der Waals surface area contributed by atoms with Crippen LogP contribution in [0, 0.1) is 17.2 Å². The van der Waals surface area contributed by atoms with Crippen molar-refractivity contribution in [3.05, 3.63) is 35.5 Å². The topological polar surface area (TPSA) is 135 Å². The second-order valence-corrected chi connectivity index (χ2v) is 7.81. The number of nitrogens with one attached hydrogen (secondary N) is 1. The standard InChI is InChI=1S/C19H22BN5O4/c1-19(2)14-4-3-12(7-15(14)20(27)29-19)23-18-13(17(22)26)9-25(24-18)16-10-28-6-5-11(16)8-21/h3-4,7,9,11,16,27H,5-6,10H2,1-2H3,(H2,22,26)(H,23,24)/t11-,16?/m1/s1. The number of nitrogens with zero attached hydrogens (tertiary/aromatic N) is 3. The van der Waals surface area contributed by atoms with E-state index in [2.05, 4.69) is 16.5 Å². The van der Waals surface area contributed by atoms with Crippen LogP contribution in [0.25, 0.3) is 0 Å². The van der Waals surface area contributed by atoms with Gasteiger partial charge in [0.2, 0.25) is 0 Å². The lowest BCUT2D eigenvalue weighted by atomic mass is 9.78. The molecular weight excluding hydrogens is 373 g/mol. The van der Waals surface area contributed by atoms with Gasteiger partial charge in [0.1, 0.15) is 5.56 Å². The van der Waals surface area contributed by atoms with Gasteiger partial charge in [-0.3, -0.25) is 9.48 Å². The monoisotopic (exact) mass is 395 g/mol. The molecule has 2 aromatic rings. The minimum Gasteiger partial charge on any atom is -0.423 e. The Kier molecular flexibility index (Phi) is 4.82. The average molecular weight is 395 g/mol. The Balaban J connectivity index is 1.66. The Labute approximate surface area is 168 Å². The molecule has 1 amide bonds. The predicted molar refractivity (Wildman–Crippen MR) is 106 cm³/mol. The molecule has 1 aromatic heterocycles. The van der Waals surface area contributed by atoms with E-state index in [9.17, 15) is 15.1 Å². The van der Waals surface area contributed by atoms with Crippen molar-refractivity contribution in [1.82, 2.24) is 9.78 Å². The highest BCUT2D eigenvalue weighted by atomic mass is 16.5. The summed E-state index contributed by atoms with van der Waals surface area (Å²) in [7, 11) is -1.02. The number of nitrogens with two attached hydrogens (primary N) is 1. The molecule has 0 radical (unpaired) electrons. The molecule has 2 aliphatic rings. The Morgan fingerprint density at radius 2 is 2.31 bits per heavy atom. The molecule has 1 unspecified atom stereocenters. The summed E-state index contributed by atoms with van der Waals surface area (Å²) in [5.74, 6) is -0.603. The summed E-state index contributed by atoms with van der Waals surface area (Å²) in [4.78, 5) is 12.0. The van der Waals surface area contributed by atoms with Crippen molar-refractivity contribution in [2.45, 2.75) is 31.9 Å². The Morgan fingerprint density at radius 1 is 1.52 bits per heavy atom. The number of hydrogen-bond donors (Lipinski definition) is 3. The molecule has 10 heteroatoms. The van der Waals surface area contributed by atoms with Gasteiger partial charge in [0.15, 0.2) is 5.82 Å². The van der Waals surface area contributed by atoms with Gasteiger partial charge in [0, 0.05) is 18.5 Å². The number of carbonyl (C=O) groups excluding carboxylic acids is 1. The van der Waals surface area contributed by atoms with Crippen LogP contribution in [0.1, 0.15) is 42.2 Å². The lowest BCUT2D eigenvalue weighted by molar-refractivity contribution is 0.0342. The quantitative estimate of drug-likeness (QED) is 0.651. The van der Waals surface area contributed by atoms with Crippen LogP contribution in [0.3, 0.4) is 0 Å². The first-order valence-corrected chi connectivity index (χ1v) is 9.44. The van der Waals surface area contributed by atoms with Crippen LogP contribution >= 0.6 is 0 Å². The molecule has 3 heterocycles. The van der Waals surface area contributed by atoms with Gasteiger partial charge in [-0.15, -0.1) is 0 Å². The Bertz CT molecular complexity index is 999. The molecule has 2 aliphatic heterocycles. The van der Waals surface area contributed by atoms with Crippen LogP contribution < -0.4 is 16.5 Å². The summed E-state index contributed by atoms with van der Waals surface area (Å²) in [5, 5.41) is 27.2. The van der Waals surface area contributed by atoms with E-state index in [-0.39, 0.29) is 23.3 Å². The van der Waals surface area contributed by atoms with Gasteiger partial charge in [-0.1, -0.05) is 6.07 Å². The van der Waals surface area contributed by atoms with Crippen molar-refractivity contribution in [2.75, 3.05) is 18.5 Å². The maximum Gasteiger partial charge on any atom is 0.492 e. The molecule has 150 valence electrons. The van der Waals surface area contributed by atoms with Gasteiger partial charge >= 0.3 is 7.12 Å². The smallest absolute Gasteiger partial charge is 0.423 e. The maximum atomic E-state index is 12.0. The van der Waals surface area contributed by atoms with Crippen molar-refractivity contribution >= 4 is 30.0 Å². The number of amides is 1. The van der Waals surface area contributed by atoms with E-state index in [1.807, 2.05) is 26.0 Å². The zero-order chi connectivity index (χ0) is 20.8. The molecule has 0 saturated carbocycles. The molecule has 1 aromatic carbocycles. The fourth-order valence-electron chi connectivity index (χ4n) is 3.90. The average Bonchev–Trinajstić information content (AvgIpc) is 3.20. The highest BCUT2D eigenvalue weighted by Crippen LogP contribution is 2.32. The summed E-state index contributed by atoms with van der Waals surface area (Å²) in [6, 6.07) is 7.45. The van der Waals surface area contributed by atoms with Crippen LogP contribution in [-0.4, -0.2) is 41.0 Å². The summed E-state index contributed by atoms with van der Waals surface area (Å²) in [6.45, 7) is 4.65. The number of anilines is 2. The predicted octanol–water partition coefficient (Wildman–Crippen LogP) is 0.780. The number of rotatable bonds is 4. The maximum absolute atomic E-state index is 12.0. The van der Waals surface area contributed by atoms with Crippen molar-refractivity contribution < 1.29 is 19.2 Å². The summed E-state index contributed by atoms with van der Waals surface area (Å²) < 4.78 is 12.6. The zero-order valence-electron chi connectivity index (χ0n) is 16.3. The van der Waals surface area contributed by atoms with Crippen LogP contribution in [0.15, 0.2) is 24.4 Å². The van der Waals surface area contributed by atoms with Gasteiger partial charge in [-0.2, -0.15) is 10.4 Å². The van der Waals surface area contributed by atoms with E-state index in [1.54, 1.807) is 16.9 Å². The first-order chi connectivity index (χ1) is 13.8.